The Balaban J connectivity index is 0.000000583. The van der Waals surface area contributed by atoms with E-state index in [0.29, 0.717) is 13.0 Å². The number of amides is 1. The van der Waals surface area contributed by atoms with Gasteiger partial charge < -0.3 is 9.84 Å². The zero-order chi connectivity index (χ0) is 11.8. The van der Waals surface area contributed by atoms with E-state index in [2.05, 4.69) is 18.6 Å². The van der Waals surface area contributed by atoms with Gasteiger partial charge in [-0.25, -0.2) is 9.59 Å². The average molecular weight is 217 g/mol. The molecule has 0 bridgehead atoms. The van der Waals surface area contributed by atoms with Crippen LogP contribution in [0.25, 0.3) is 0 Å². The van der Waals surface area contributed by atoms with Gasteiger partial charge in [-0.2, -0.15) is 0 Å². The lowest BCUT2D eigenvalue weighted by atomic mass is 10.2. The van der Waals surface area contributed by atoms with Gasteiger partial charge in [-0.3, -0.25) is 4.90 Å². The fraction of sp³-hybridized carbons (Fsp3) is 0.800. The van der Waals surface area contributed by atoms with Gasteiger partial charge in [-0.05, 0) is 12.8 Å². The molecule has 0 spiro atoms. The zero-order valence-corrected chi connectivity index (χ0v) is 9.52. The molecule has 1 N–H and O–H groups in total. The predicted molar refractivity (Wildman–Crippen MR) is 55.7 cm³/mol. The minimum absolute atomic E-state index is 0.426. The number of ether oxygens (including phenoxy) is 1. The number of carbonyl (C=O) groups is 2. The van der Waals surface area contributed by atoms with Crippen LogP contribution < -0.4 is 0 Å². The molecule has 0 aliphatic carbocycles. The van der Waals surface area contributed by atoms with Gasteiger partial charge in [-0.15, -0.1) is 0 Å². The highest BCUT2D eigenvalue weighted by molar-refractivity contribution is 5.81. The van der Waals surface area contributed by atoms with Crippen molar-refractivity contribution in [3.8, 4) is 0 Å². The van der Waals surface area contributed by atoms with E-state index < -0.39 is 18.1 Å². The lowest BCUT2D eigenvalue weighted by Crippen LogP contribution is -2.40. The third-order valence-corrected chi connectivity index (χ3v) is 1.97. The molecule has 15 heavy (non-hydrogen) atoms. The van der Waals surface area contributed by atoms with E-state index in [1.807, 2.05) is 0 Å². The highest BCUT2D eigenvalue weighted by atomic mass is 16.5. The van der Waals surface area contributed by atoms with E-state index in [0.717, 1.165) is 11.3 Å². The van der Waals surface area contributed by atoms with Crippen LogP contribution in [0, 0.1) is 0 Å². The Kier molecular flexibility index (Phi) is 6.49. The first-order valence-corrected chi connectivity index (χ1v) is 5.15. The second-order valence-corrected chi connectivity index (χ2v) is 3.36. The van der Waals surface area contributed by atoms with E-state index in [9.17, 15) is 9.59 Å². The smallest absolute Gasteiger partial charge is 0.408 e. The van der Waals surface area contributed by atoms with Crippen LogP contribution in [0.2, 0.25) is 0 Å². The van der Waals surface area contributed by atoms with Crippen molar-refractivity contribution >= 4 is 12.1 Å². The Hall–Kier alpha value is -1.26. The Morgan fingerprint density at radius 2 is 2.00 bits per heavy atom. The first kappa shape index (κ1) is 13.7. The van der Waals surface area contributed by atoms with Gasteiger partial charge in [0.15, 0.2) is 0 Å². The number of methoxy groups -OCH3 is 1. The van der Waals surface area contributed by atoms with Crippen molar-refractivity contribution < 1.29 is 19.4 Å². The molecule has 0 aromatic rings. The van der Waals surface area contributed by atoms with Gasteiger partial charge in [0.2, 0.25) is 0 Å². The molecule has 1 aliphatic rings. The molecule has 88 valence electrons. The van der Waals surface area contributed by atoms with Crippen LogP contribution in [0.3, 0.4) is 0 Å². The van der Waals surface area contributed by atoms with Gasteiger partial charge in [0.25, 0.3) is 0 Å². The summed E-state index contributed by atoms with van der Waals surface area (Å²) in [7, 11) is 1.26. The van der Waals surface area contributed by atoms with E-state index in [1.165, 1.54) is 13.5 Å². The summed E-state index contributed by atoms with van der Waals surface area (Å²) in [6.07, 6.45) is 1.49. The first-order valence-electron chi connectivity index (χ1n) is 5.15. The second kappa shape index (κ2) is 7.09. The molecule has 0 radical (unpaired) electrons. The highest BCUT2D eigenvalue weighted by Crippen LogP contribution is 2.17. The summed E-state index contributed by atoms with van der Waals surface area (Å²) in [5.74, 6) is -0.463. The van der Waals surface area contributed by atoms with E-state index in [4.69, 9.17) is 5.11 Å². The van der Waals surface area contributed by atoms with Gasteiger partial charge in [0, 0.05) is 6.54 Å². The lowest BCUT2D eigenvalue weighted by Gasteiger charge is -2.18. The standard InChI is InChI=1S/C7H11NO4.C3H8/c1-12-6(9)5-3-2-4-8(5)7(10)11;1-3-2/h5H,2-4H2,1H3,(H,10,11);3H2,1-2H3. The quantitative estimate of drug-likeness (QED) is 0.679. The molecule has 0 aromatic carbocycles. The lowest BCUT2D eigenvalue weighted by molar-refractivity contribution is -0.145. The Labute approximate surface area is 90.0 Å². The molecule has 1 aliphatic heterocycles. The van der Waals surface area contributed by atoms with E-state index in [1.54, 1.807) is 0 Å². The number of carboxylic acid groups (broad SMARTS) is 1. The monoisotopic (exact) mass is 217 g/mol. The molecule has 0 aromatic heterocycles. The summed E-state index contributed by atoms with van der Waals surface area (Å²) in [4.78, 5) is 22.7. The van der Waals surface area contributed by atoms with Crippen LogP contribution in [-0.2, 0) is 9.53 Å². The number of esters is 1. The molecule has 0 saturated carbocycles. The van der Waals surface area contributed by atoms with Gasteiger partial charge >= 0.3 is 12.1 Å². The molecule has 1 fully saturated rings. The van der Waals surface area contributed by atoms with Crippen LogP contribution in [0.4, 0.5) is 4.79 Å². The van der Waals surface area contributed by atoms with Crippen molar-refractivity contribution in [1.29, 1.82) is 0 Å². The normalized spacial score (nSPS) is 19.1. The van der Waals surface area contributed by atoms with Crippen molar-refractivity contribution in [2.75, 3.05) is 13.7 Å². The van der Waals surface area contributed by atoms with Gasteiger partial charge in [-0.1, -0.05) is 20.3 Å². The molecule has 1 atom stereocenters. The molecule has 1 rings (SSSR count). The molecule has 1 amide bonds. The van der Waals surface area contributed by atoms with Crippen molar-refractivity contribution in [3.63, 3.8) is 0 Å². The van der Waals surface area contributed by atoms with Crippen molar-refractivity contribution in [3.05, 3.63) is 0 Å². The third kappa shape index (κ3) is 4.18. The summed E-state index contributed by atoms with van der Waals surface area (Å²) >= 11 is 0. The second-order valence-electron chi connectivity index (χ2n) is 3.36. The number of hydrogen-bond acceptors (Lipinski definition) is 3. The Morgan fingerprint density at radius 1 is 1.47 bits per heavy atom. The average Bonchev–Trinajstić information content (AvgIpc) is 2.66. The van der Waals surface area contributed by atoms with Crippen molar-refractivity contribution in [2.45, 2.75) is 39.2 Å². The van der Waals surface area contributed by atoms with Crippen molar-refractivity contribution in [1.82, 2.24) is 4.90 Å². The van der Waals surface area contributed by atoms with E-state index in [-0.39, 0.29) is 0 Å². The topological polar surface area (TPSA) is 66.8 Å². The third-order valence-electron chi connectivity index (χ3n) is 1.97. The summed E-state index contributed by atoms with van der Waals surface area (Å²) < 4.78 is 4.47. The highest BCUT2D eigenvalue weighted by Gasteiger charge is 2.34. The molecular weight excluding hydrogens is 198 g/mol. The SMILES string of the molecule is CCC.COC(=O)C1CCCN1C(=O)O. The number of hydrogen-bond donors (Lipinski definition) is 1. The number of nitrogens with zero attached hydrogens (tertiary/aromatic N) is 1. The molecular formula is C10H19NO4. The molecule has 5 heteroatoms. The maximum atomic E-state index is 11.0. The number of carbonyl (C=O) groups excluding carboxylic acids is 1. The summed E-state index contributed by atoms with van der Waals surface area (Å²) in [5.41, 5.74) is 0. The van der Waals surface area contributed by atoms with Gasteiger partial charge in [0.05, 0.1) is 7.11 Å². The van der Waals surface area contributed by atoms with Gasteiger partial charge in [0.1, 0.15) is 6.04 Å². The fourth-order valence-electron chi connectivity index (χ4n) is 1.38. The zero-order valence-electron chi connectivity index (χ0n) is 9.52. The van der Waals surface area contributed by atoms with Crippen LogP contribution in [0.5, 0.6) is 0 Å². The largest absolute Gasteiger partial charge is 0.467 e. The van der Waals surface area contributed by atoms with Crippen LogP contribution in [0.1, 0.15) is 33.1 Å². The molecule has 1 heterocycles. The van der Waals surface area contributed by atoms with Crippen LogP contribution in [-0.4, -0.2) is 41.8 Å². The molecule has 1 saturated heterocycles. The van der Waals surface area contributed by atoms with E-state index >= 15 is 0 Å². The summed E-state index contributed by atoms with van der Waals surface area (Å²) in [6.45, 7) is 4.68. The molecule has 5 nitrogen and oxygen atoms in total. The Morgan fingerprint density at radius 3 is 2.40 bits per heavy atom. The fourth-order valence-corrected chi connectivity index (χ4v) is 1.38. The number of rotatable bonds is 1. The van der Waals surface area contributed by atoms with Crippen LogP contribution in [0.15, 0.2) is 0 Å². The predicted octanol–water partition coefficient (Wildman–Crippen LogP) is 1.72. The number of likely N-dealkylation sites (tertiary alicyclic amines) is 1. The Bertz CT molecular complexity index is 217. The van der Waals surface area contributed by atoms with Crippen LogP contribution >= 0.6 is 0 Å². The maximum absolute atomic E-state index is 11.0. The molecule has 1 unspecified atom stereocenters. The first-order chi connectivity index (χ1) is 7.08. The summed E-state index contributed by atoms with van der Waals surface area (Å²) in [6, 6.07) is -0.590. The minimum Gasteiger partial charge on any atom is -0.467 e. The van der Waals surface area contributed by atoms with Crippen molar-refractivity contribution in [2.24, 2.45) is 0 Å². The minimum atomic E-state index is -1.05. The maximum Gasteiger partial charge on any atom is 0.408 e. The summed E-state index contributed by atoms with van der Waals surface area (Å²) in [5, 5.41) is 8.65.